The monoisotopic (exact) mass is 316 g/mol. The minimum atomic E-state index is -1.99. The lowest BCUT2D eigenvalue weighted by Crippen LogP contribution is -2.13. The molecule has 1 atom stereocenters. The second kappa shape index (κ2) is 6.17. The van der Waals surface area contributed by atoms with Crippen molar-refractivity contribution in [1.82, 2.24) is 0 Å². The van der Waals surface area contributed by atoms with Gasteiger partial charge < -0.3 is 0 Å². The highest BCUT2D eigenvalue weighted by atomic mass is 32.2. The van der Waals surface area contributed by atoms with Crippen LogP contribution in [0.4, 0.5) is 17.6 Å². The van der Waals surface area contributed by atoms with Gasteiger partial charge in [-0.2, -0.15) is 0 Å². The fourth-order valence-corrected chi connectivity index (χ4v) is 2.62. The van der Waals surface area contributed by atoms with Crippen molar-refractivity contribution in [3.8, 4) is 0 Å². The first-order valence-corrected chi connectivity index (χ1v) is 7.02. The van der Waals surface area contributed by atoms with E-state index in [1.165, 1.54) is 0 Å². The van der Waals surface area contributed by atoms with Gasteiger partial charge in [-0.1, -0.05) is 0 Å². The standard InChI is InChI=1S/C14H8F4O2S/c15-8-1-3-11(16)10(5-8)14(19)7-21(20)9-2-4-12(17)13(18)6-9/h1-6H,7H2. The summed E-state index contributed by atoms with van der Waals surface area (Å²) in [6, 6.07) is 4.85. The molecule has 0 aliphatic rings. The predicted molar refractivity (Wildman–Crippen MR) is 68.3 cm³/mol. The normalized spacial score (nSPS) is 12.2. The van der Waals surface area contributed by atoms with Crippen LogP contribution in [-0.2, 0) is 10.8 Å². The first-order chi connectivity index (χ1) is 9.88. The summed E-state index contributed by atoms with van der Waals surface area (Å²) >= 11 is 0. The summed E-state index contributed by atoms with van der Waals surface area (Å²) in [5.41, 5.74) is -0.536. The molecule has 0 fully saturated rings. The Balaban J connectivity index is 2.20. The van der Waals surface area contributed by atoms with Gasteiger partial charge in [0.15, 0.2) is 17.4 Å². The Morgan fingerprint density at radius 1 is 0.905 bits per heavy atom. The van der Waals surface area contributed by atoms with Gasteiger partial charge in [0.1, 0.15) is 11.6 Å². The topological polar surface area (TPSA) is 34.1 Å². The van der Waals surface area contributed by atoms with E-state index in [0.29, 0.717) is 12.1 Å². The Bertz CT molecular complexity index is 731. The second-order valence-electron chi connectivity index (χ2n) is 4.11. The van der Waals surface area contributed by atoms with Crippen molar-refractivity contribution in [3.05, 3.63) is 65.2 Å². The third-order valence-corrected chi connectivity index (χ3v) is 3.95. The zero-order valence-electron chi connectivity index (χ0n) is 10.4. The van der Waals surface area contributed by atoms with Gasteiger partial charge >= 0.3 is 0 Å². The molecule has 0 saturated carbocycles. The summed E-state index contributed by atoms with van der Waals surface area (Å²) in [6.07, 6.45) is 0. The van der Waals surface area contributed by atoms with Crippen LogP contribution < -0.4 is 0 Å². The molecule has 2 aromatic rings. The van der Waals surface area contributed by atoms with Crippen molar-refractivity contribution < 1.29 is 26.6 Å². The maximum Gasteiger partial charge on any atom is 0.178 e. The van der Waals surface area contributed by atoms with Gasteiger partial charge in [-0.05, 0) is 36.4 Å². The maximum atomic E-state index is 13.4. The minimum absolute atomic E-state index is 0.112. The third kappa shape index (κ3) is 3.55. The maximum absolute atomic E-state index is 13.4. The van der Waals surface area contributed by atoms with Crippen LogP contribution in [0.2, 0.25) is 0 Å². The smallest absolute Gasteiger partial charge is 0.178 e. The molecule has 21 heavy (non-hydrogen) atoms. The SMILES string of the molecule is O=C(CS(=O)c1ccc(F)c(F)c1)c1cc(F)ccc1F. The molecule has 0 saturated heterocycles. The second-order valence-corrected chi connectivity index (χ2v) is 5.56. The average Bonchev–Trinajstić information content (AvgIpc) is 2.44. The van der Waals surface area contributed by atoms with Gasteiger partial charge in [0.05, 0.1) is 22.1 Å². The number of benzene rings is 2. The summed E-state index contributed by atoms with van der Waals surface area (Å²) in [5.74, 6) is -5.62. The van der Waals surface area contributed by atoms with Crippen molar-refractivity contribution in [3.63, 3.8) is 0 Å². The lowest BCUT2D eigenvalue weighted by atomic mass is 10.1. The molecule has 2 aromatic carbocycles. The van der Waals surface area contributed by atoms with Crippen molar-refractivity contribution in [2.75, 3.05) is 5.75 Å². The number of carbonyl (C=O) groups excluding carboxylic acids is 1. The summed E-state index contributed by atoms with van der Waals surface area (Å²) in [7, 11) is -1.99. The van der Waals surface area contributed by atoms with Crippen LogP contribution in [0.1, 0.15) is 10.4 Å². The molecular weight excluding hydrogens is 308 g/mol. The highest BCUT2D eigenvalue weighted by Crippen LogP contribution is 2.15. The van der Waals surface area contributed by atoms with Crippen molar-refractivity contribution in [2.24, 2.45) is 0 Å². The van der Waals surface area contributed by atoms with Crippen LogP contribution in [0.25, 0.3) is 0 Å². The molecule has 0 spiro atoms. The van der Waals surface area contributed by atoms with Crippen molar-refractivity contribution in [1.29, 1.82) is 0 Å². The first kappa shape index (κ1) is 15.4. The minimum Gasteiger partial charge on any atom is -0.293 e. The Kier molecular flexibility index (Phi) is 4.52. The van der Waals surface area contributed by atoms with E-state index in [1.54, 1.807) is 0 Å². The first-order valence-electron chi connectivity index (χ1n) is 5.70. The molecule has 0 N–H and O–H groups in total. The average molecular weight is 316 g/mol. The molecule has 0 bridgehead atoms. The Hall–Kier alpha value is -2.02. The molecule has 2 rings (SSSR count). The highest BCUT2D eigenvalue weighted by molar-refractivity contribution is 7.85. The summed E-state index contributed by atoms with van der Waals surface area (Å²) < 4.78 is 64.0. The van der Waals surface area contributed by atoms with Crippen molar-refractivity contribution >= 4 is 16.6 Å². The number of carbonyl (C=O) groups is 1. The van der Waals surface area contributed by atoms with Gasteiger partial charge in [-0.15, -0.1) is 0 Å². The zero-order valence-corrected chi connectivity index (χ0v) is 11.2. The molecule has 0 aliphatic heterocycles. The Morgan fingerprint density at radius 3 is 2.24 bits per heavy atom. The van der Waals surface area contributed by atoms with Gasteiger partial charge in [0.25, 0.3) is 0 Å². The molecule has 0 aromatic heterocycles. The third-order valence-electron chi connectivity index (χ3n) is 2.64. The van der Waals surface area contributed by atoms with E-state index in [9.17, 15) is 26.6 Å². The van der Waals surface area contributed by atoms with E-state index in [4.69, 9.17) is 0 Å². The number of hydrogen-bond acceptors (Lipinski definition) is 2. The quantitative estimate of drug-likeness (QED) is 0.641. The Morgan fingerprint density at radius 2 is 1.57 bits per heavy atom. The van der Waals surface area contributed by atoms with Crippen LogP contribution in [0.3, 0.4) is 0 Å². The van der Waals surface area contributed by atoms with Gasteiger partial charge in [0.2, 0.25) is 0 Å². The predicted octanol–water partition coefficient (Wildman–Crippen LogP) is 3.23. The lowest BCUT2D eigenvalue weighted by molar-refractivity contribution is 0.101. The lowest BCUT2D eigenvalue weighted by Gasteiger charge is -2.04. The summed E-state index contributed by atoms with van der Waals surface area (Å²) in [6.45, 7) is 0. The number of halogens is 4. The highest BCUT2D eigenvalue weighted by Gasteiger charge is 2.17. The van der Waals surface area contributed by atoms with Gasteiger partial charge in [-0.25, -0.2) is 17.6 Å². The van der Waals surface area contributed by atoms with E-state index in [2.05, 4.69) is 0 Å². The molecule has 2 nitrogen and oxygen atoms in total. The van der Waals surface area contributed by atoms with E-state index < -0.39 is 51.2 Å². The fraction of sp³-hybridized carbons (Fsp3) is 0.0714. The van der Waals surface area contributed by atoms with Crippen LogP contribution in [0, 0.1) is 23.3 Å². The van der Waals surface area contributed by atoms with Gasteiger partial charge in [0, 0.05) is 4.90 Å². The summed E-state index contributed by atoms with van der Waals surface area (Å²) in [5, 5.41) is 0. The molecule has 0 radical (unpaired) electrons. The van der Waals surface area contributed by atoms with E-state index in [1.807, 2.05) is 0 Å². The van der Waals surface area contributed by atoms with Crippen LogP contribution in [0.5, 0.6) is 0 Å². The summed E-state index contributed by atoms with van der Waals surface area (Å²) in [4.78, 5) is 11.7. The molecule has 1 unspecified atom stereocenters. The van der Waals surface area contributed by atoms with Crippen LogP contribution in [0.15, 0.2) is 41.3 Å². The van der Waals surface area contributed by atoms with Crippen LogP contribution >= 0.6 is 0 Å². The molecule has 7 heteroatoms. The van der Waals surface area contributed by atoms with E-state index in [0.717, 1.165) is 24.3 Å². The molecule has 110 valence electrons. The Labute approximate surface area is 119 Å². The number of Topliss-reactive ketones (excluding diaryl/α,β-unsaturated/α-hetero) is 1. The molecular formula is C14H8F4O2S. The number of hydrogen-bond donors (Lipinski definition) is 0. The fourth-order valence-electron chi connectivity index (χ4n) is 1.61. The zero-order chi connectivity index (χ0) is 15.6. The molecule has 0 heterocycles. The van der Waals surface area contributed by atoms with E-state index >= 15 is 0 Å². The van der Waals surface area contributed by atoms with Crippen LogP contribution in [-0.4, -0.2) is 15.7 Å². The van der Waals surface area contributed by atoms with E-state index in [-0.39, 0.29) is 4.90 Å². The number of rotatable bonds is 4. The van der Waals surface area contributed by atoms with Crippen molar-refractivity contribution in [2.45, 2.75) is 4.90 Å². The largest absolute Gasteiger partial charge is 0.293 e. The molecule has 0 amide bonds. The van der Waals surface area contributed by atoms with Gasteiger partial charge in [-0.3, -0.25) is 9.00 Å². The molecule has 0 aliphatic carbocycles. The number of ketones is 1.